The quantitative estimate of drug-likeness (QED) is 0.479. The second-order valence-electron chi connectivity index (χ2n) is 6.45. The Morgan fingerprint density at radius 3 is 2.52 bits per heavy atom. The summed E-state index contributed by atoms with van der Waals surface area (Å²) >= 11 is 0. The predicted molar refractivity (Wildman–Crippen MR) is 77.0 cm³/mol. The maximum absolute atomic E-state index is 12.1. The first-order valence-electron chi connectivity index (χ1n) is 7.29. The van der Waals surface area contributed by atoms with Gasteiger partial charge in [-0.05, 0) is 31.6 Å². The number of rotatable bonds is 2. The summed E-state index contributed by atoms with van der Waals surface area (Å²) in [5, 5.41) is 0. The van der Waals surface area contributed by atoms with Crippen molar-refractivity contribution in [2.45, 2.75) is 31.8 Å². The molecule has 1 N–H and O–H groups in total. The van der Waals surface area contributed by atoms with E-state index in [-0.39, 0.29) is 23.9 Å². The molecule has 1 aliphatic heterocycles. The zero-order valence-electron chi connectivity index (χ0n) is 11.8. The van der Waals surface area contributed by atoms with Gasteiger partial charge in [-0.25, -0.2) is 0 Å². The molecule has 3 rings (SSSR count). The van der Waals surface area contributed by atoms with Crippen LogP contribution in [0.25, 0.3) is 0 Å². The Hall–Kier alpha value is -1.14. The lowest BCUT2D eigenvalue weighted by molar-refractivity contribution is -0.145. The molecule has 0 spiro atoms. The molecule has 1 saturated heterocycles. The van der Waals surface area contributed by atoms with Crippen LogP contribution in [0.15, 0.2) is 24.3 Å². The summed E-state index contributed by atoms with van der Waals surface area (Å²) in [6, 6.07) is 0. The van der Waals surface area contributed by atoms with Crippen LogP contribution in [-0.2, 0) is 19.6 Å². The van der Waals surface area contributed by atoms with Crippen molar-refractivity contribution >= 4 is 16.1 Å². The van der Waals surface area contributed by atoms with Crippen molar-refractivity contribution in [3.05, 3.63) is 24.3 Å². The molecule has 6 heteroatoms. The summed E-state index contributed by atoms with van der Waals surface area (Å²) in [6.07, 6.45) is 3.01. The fraction of sp³-hybridized carbons (Fsp3) is 0.667. The lowest BCUT2D eigenvalue weighted by Crippen LogP contribution is -2.31. The molecule has 5 nitrogen and oxygen atoms in total. The Morgan fingerprint density at radius 1 is 1.19 bits per heavy atom. The van der Waals surface area contributed by atoms with E-state index in [0.717, 1.165) is 30.4 Å². The van der Waals surface area contributed by atoms with E-state index in [1.807, 2.05) is 0 Å². The Balaban J connectivity index is 1.93. The Labute approximate surface area is 124 Å². The van der Waals surface area contributed by atoms with Gasteiger partial charge in [0.05, 0.1) is 11.7 Å². The number of fused-ring (bicyclic) bond motifs is 3. The maximum Gasteiger partial charge on any atom is 0.310 e. The van der Waals surface area contributed by atoms with Crippen molar-refractivity contribution < 1.29 is 22.5 Å². The van der Waals surface area contributed by atoms with Gasteiger partial charge in [0.2, 0.25) is 0 Å². The minimum Gasteiger partial charge on any atom is -0.461 e. The van der Waals surface area contributed by atoms with Crippen LogP contribution in [0, 0.1) is 23.7 Å². The number of carbonyl (C=O) groups is 1. The first-order chi connectivity index (χ1) is 9.78. The molecule has 0 aromatic rings. The zero-order chi connectivity index (χ0) is 15.4. The highest BCUT2D eigenvalue weighted by atomic mass is 32.2. The first-order valence-corrected chi connectivity index (χ1v) is 8.90. The van der Waals surface area contributed by atoms with Gasteiger partial charge in [0.1, 0.15) is 6.10 Å². The summed E-state index contributed by atoms with van der Waals surface area (Å²) in [6.45, 7) is 8.25. The molecule has 2 aliphatic carbocycles. The van der Waals surface area contributed by atoms with Crippen LogP contribution in [0.1, 0.15) is 25.7 Å². The molecule has 0 bridgehead atoms. The van der Waals surface area contributed by atoms with E-state index in [2.05, 4.69) is 13.2 Å². The van der Waals surface area contributed by atoms with Crippen LogP contribution in [0.3, 0.4) is 0 Å². The number of esters is 1. The maximum atomic E-state index is 12.1. The minimum absolute atomic E-state index is 0.0559. The Kier molecular flexibility index (Phi) is 3.48. The van der Waals surface area contributed by atoms with E-state index in [9.17, 15) is 13.2 Å². The van der Waals surface area contributed by atoms with Crippen molar-refractivity contribution in [1.82, 2.24) is 0 Å². The number of hydrogen-bond acceptors (Lipinski definition) is 4. The van der Waals surface area contributed by atoms with Gasteiger partial charge in [-0.15, -0.1) is 0 Å². The summed E-state index contributed by atoms with van der Waals surface area (Å²) < 4.78 is 36.9. The van der Waals surface area contributed by atoms with Gasteiger partial charge in [0, 0.05) is 11.8 Å². The van der Waals surface area contributed by atoms with E-state index in [1.54, 1.807) is 0 Å². The molecule has 0 radical (unpaired) electrons. The van der Waals surface area contributed by atoms with Crippen molar-refractivity contribution in [3.63, 3.8) is 0 Å². The average molecular weight is 312 g/mol. The van der Waals surface area contributed by atoms with Crippen molar-refractivity contribution in [1.29, 1.82) is 0 Å². The second kappa shape index (κ2) is 4.95. The lowest BCUT2D eigenvalue weighted by atomic mass is 9.80. The monoisotopic (exact) mass is 312 g/mol. The molecule has 21 heavy (non-hydrogen) atoms. The highest BCUT2D eigenvalue weighted by Crippen LogP contribution is 2.52. The molecule has 0 unspecified atom stereocenters. The van der Waals surface area contributed by atoms with E-state index < -0.39 is 27.8 Å². The molecule has 5 atom stereocenters. The first kappa shape index (κ1) is 14.8. The van der Waals surface area contributed by atoms with E-state index in [0.29, 0.717) is 6.42 Å². The smallest absolute Gasteiger partial charge is 0.310 e. The third kappa shape index (κ3) is 2.55. The Bertz CT molecular complexity index is 606. The van der Waals surface area contributed by atoms with Gasteiger partial charge in [-0.3, -0.25) is 9.35 Å². The van der Waals surface area contributed by atoms with Gasteiger partial charge >= 0.3 is 5.97 Å². The summed E-state index contributed by atoms with van der Waals surface area (Å²) in [5.74, 6) is -1.67. The molecule has 0 aromatic heterocycles. The van der Waals surface area contributed by atoms with Crippen LogP contribution >= 0.6 is 0 Å². The van der Waals surface area contributed by atoms with Gasteiger partial charge < -0.3 is 4.74 Å². The molecule has 1 heterocycles. The predicted octanol–water partition coefficient (Wildman–Crippen LogP) is 1.96. The third-order valence-corrected chi connectivity index (χ3v) is 6.02. The molecule has 3 fully saturated rings. The van der Waals surface area contributed by atoms with Crippen LogP contribution in [0.2, 0.25) is 0 Å². The molecule has 0 amide bonds. The van der Waals surface area contributed by atoms with Gasteiger partial charge in [0.25, 0.3) is 10.1 Å². The van der Waals surface area contributed by atoms with E-state index in [4.69, 9.17) is 9.29 Å². The standard InChI is InChI=1S/C15H20O5S/c1-8-3-6-11-12(7-21(17,18)19)15(16)20-14(11)13-9(2)4-5-10(8)13/h10-14H,1-7H2,(H,17,18,19)/t10-,11-,12-,13-,14-/m0/s1. The molecule has 116 valence electrons. The van der Waals surface area contributed by atoms with Crippen LogP contribution < -0.4 is 0 Å². The number of allylic oxidation sites excluding steroid dienone is 1. The lowest BCUT2D eigenvalue weighted by Gasteiger charge is -2.26. The van der Waals surface area contributed by atoms with Crippen molar-refractivity contribution in [2.75, 3.05) is 5.75 Å². The Morgan fingerprint density at radius 2 is 1.86 bits per heavy atom. The molecule has 3 aliphatic rings. The molecular formula is C15H20O5S. The third-order valence-electron chi connectivity index (χ3n) is 5.24. The van der Waals surface area contributed by atoms with Crippen molar-refractivity contribution in [3.8, 4) is 0 Å². The summed E-state index contributed by atoms with van der Waals surface area (Å²) in [5.41, 5.74) is 2.22. The fourth-order valence-corrected chi connectivity index (χ4v) is 5.10. The average Bonchev–Trinajstić information content (AvgIpc) is 2.83. The van der Waals surface area contributed by atoms with Gasteiger partial charge in [0.15, 0.2) is 0 Å². The van der Waals surface area contributed by atoms with Crippen molar-refractivity contribution in [2.24, 2.45) is 23.7 Å². The molecule has 2 saturated carbocycles. The fourth-order valence-electron chi connectivity index (χ4n) is 4.26. The minimum atomic E-state index is -4.20. The second-order valence-corrected chi connectivity index (χ2v) is 7.94. The van der Waals surface area contributed by atoms with Crippen LogP contribution in [0.5, 0.6) is 0 Å². The molecular weight excluding hydrogens is 292 g/mol. The topological polar surface area (TPSA) is 80.7 Å². The number of hydrogen-bond donors (Lipinski definition) is 1. The highest BCUT2D eigenvalue weighted by molar-refractivity contribution is 7.85. The van der Waals surface area contributed by atoms with E-state index >= 15 is 0 Å². The molecule has 0 aromatic carbocycles. The SMILES string of the molecule is C=C1CC[C@H]2C(=C)CC[C@@H]3[C@H](OC(=O)[C@H]3CS(=O)(=O)O)[C@@H]12. The summed E-state index contributed by atoms with van der Waals surface area (Å²) in [7, 11) is -4.20. The van der Waals surface area contributed by atoms with E-state index in [1.165, 1.54) is 0 Å². The number of carbonyl (C=O) groups excluding carboxylic acids is 1. The van der Waals surface area contributed by atoms with Crippen LogP contribution in [-0.4, -0.2) is 30.8 Å². The zero-order valence-corrected chi connectivity index (χ0v) is 12.6. The van der Waals surface area contributed by atoms with Gasteiger partial charge in [-0.2, -0.15) is 8.42 Å². The summed E-state index contributed by atoms with van der Waals surface area (Å²) in [4.78, 5) is 12.1. The largest absolute Gasteiger partial charge is 0.461 e. The van der Waals surface area contributed by atoms with Gasteiger partial charge in [-0.1, -0.05) is 24.3 Å². The highest BCUT2D eigenvalue weighted by Gasteiger charge is 2.54. The normalized spacial score (nSPS) is 39.7. The number of ether oxygens (including phenoxy) is 1. The van der Waals surface area contributed by atoms with Crippen LogP contribution in [0.4, 0.5) is 0 Å².